The number of alkyl halides is 1. The lowest BCUT2D eigenvalue weighted by atomic mass is 10.1. The topological polar surface area (TPSA) is 77.2 Å². The molecule has 3 saturated heterocycles. The predicted molar refractivity (Wildman–Crippen MR) is 150 cm³/mol. The average Bonchev–Trinajstić information content (AvgIpc) is 3.02. The molecule has 3 aromatic rings. The van der Waals surface area contributed by atoms with Crippen LogP contribution in [0.3, 0.4) is 0 Å². The fraction of sp³-hybridized carbons (Fsp3) is 0.448. The summed E-state index contributed by atoms with van der Waals surface area (Å²) in [6, 6.07) is 16.8. The van der Waals surface area contributed by atoms with Crippen LogP contribution >= 0.6 is 0 Å². The number of hydrogen-bond acceptors (Lipinski definition) is 9. The van der Waals surface area contributed by atoms with Crippen molar-refractivity contribution in [1.29, 1.82) is 0 Å². The summed E-state index contributed by atoms with van der Waals surface area (Å²) in [5, 5.41) is 3.91. The molecule has 0 radical (unpaired) electrons. The Bertz CT molecular complexity index is 1250. The van der Waals surface area contributed by atoms with Gasteiger partial charge in [-0.05, 0) is 29.8 Å². The Morgan fingerprint density at radius 3 is 2.12 bits per heavy atom. The van der Waals surface area contributed by atoms with E-state index in [1.54, 1.807) is 24.5 Å². The number of morpholine rings is 1. The van der Waals surface area contributed by atoms with E-state index in [0.717, 1.165) is 24.3 Å². The SMILES string of the molecule is NCc1ccccc1N1CCN(N2CC(N3CCN(c4ccccc4F)CC3)OC(c3ncccn3)C2F)CC1. The molecule has 212 valence electrons. The van der Waals surface area contributed by atoms with E-state index in [4.69, 9.17) is 10.5 Å². The zero-order valence-electron chi connectivity index (χ0n) is 22.5. The normalized spacial score (nSPS) is 25.3. The molecule has 11 heteroatoms. The Kier molecular flexibility index (Phi) is 8.17. The second-order valence-electron chi connectivity index (χ2n) is 10.4. The van der Waals surface area contributed by atoms with Crippen LogP contribution in [0.1, 0.15) is 17.5 Å². The lowest BCUT2D eigenvalue weighted by molar-refractivity contribution is -0.262. The number of hydrogen-bond donors (Lipinski definition) is 1. The zero-order chi connectivity index (χ0) is 27.5. The van der Waals surface area contributed by atoms with Gasteiger partial charge in [-0.3, -0.25) is 4.90 Å². The minimum Gasteiger partial charge on any atom is -0.369 e. The highest BCUT2D eigenvalue weighted by Gasteiger charge is 2.45. The van der Waals surface area contributed by atoms with Gasteiger partial charge in [-0.1, -0.05) is 30.3 Å². The van der Waals surface area contributed by atoms with Crippen LogP contribution in [0.2, 0.25) is 0 Å². The number of rotatable bonds is 6. The van der Waals surface area contributed by atoms with Gasteiger partial charge in [0.25, 0.3) is 0 Å². The van der Waals surface area contributed by atoms with Crippen LogP contribution in [0.5, 0.6) is 0 Å². The van der Waals surface area contributed by atoms with Crippen molar-refractivity contribution >= 4 is 11.4 Å². The molecule has 9 nitrogen and oxygen atoms in total. The van der Waals surface area contributed by atoms with Crippen molar-refractivity contribution in [2.45, 2.75) is 25.2 Å². The molecular weight excluding hydrogens is 514 g/mol. The first-order valence-electron chi connectivity index (χ1n) is 14.0. The Hall–Kier alpha value is -3.22. The maximum Gasteiger partial charge on any atom is 0.200 e. The third kappa shape index (κ3) is 5.52. The van der Waals surface area contributed by atoms with Crippen LogP contribution in [0.25, 0.3) is 0 Å². The van der Waals surface area contributed by atoms with Crippen molar-refractivity contribution in [2.24, 2.45) is 5.73 Å². The number of ether oxygens (including phenoxy) is 1. The van der Waals surface area contributed by atoms with Gasteiger partial charge in [0, 0.05) is 77.0 Å². The van der Waals surface area contributed by atoms with E-state index >= 15 is 4.39 Å². The van der Waals surface area contributed by atoms with Gasteiger partial charge in [-0.2, -0.15) is 0 Å². The molecule has 0 spiro atoms. The summed E-state index contributed by atoms with van der Waals surface area (Å²) in [6.07, 6.45) is 0.557. The number of para-hydroxylation sites is 2. The first-order valence-corrected chi connectivity index (χ1v) is 14.0. The van der Waals surface area contributed by atoms with Gasteiger partial charge in [-0.15, -0.1) is 0 Å². The van der Waals surface area contributed by atoms with Crippen molar-refractivity contribution in [2.75, 3.05) is 68.7 Å². The van der Waals surface area contributed by atoms with Crippen molar-refractivity contribution in [3.63, 3.8) is 0 Å². The molecule has 0 bridgehead atoms. The van der Waals surface area contributed by atoms with Gasteiger partial charge in [0.05, 0.1) is 12.2 Å². The molecule has 4 heterocycles. The van der Waals surface area contributed by atoms with Crippen molar-refractivity contribution < 1.29 is 13.5 Å². The molecule has 3 aliphatic heterocycles. The maximum absolute atomic E-state index is 16.2. The molecule has 1 aromatic heterocycles. The molecule has 2 aromatic carbocycles. The average molecular weight is 551 g/mol. The lowest BCUT2D eigenvalue weighted by Gasteiger charge is -2.51. The van der Waals surface area contributed by atoms with Crippen molar-refractivity contribution in [3.05, 3.63) is 84.2 Å². The second-order valence-corrected chi connectivity index (χ2v) is 10.4. The van der Waals surface area contributed by atoms with Gasteiger partial charge >= 0.3 is 0 Å². The zero-order valence-corrected chi connectivity index (χ0v) is 22.5. The maximum atomic E-state index is 16.2. The summed E-state index contributed by atoms with van der Waals surface area (Å²) in [7, 11) is 0. The van der Waals surface area contributed by atoms with Crippen molar-refractivity contribution in [1.82, 2.24) is 24.9 Å². The minimum absolute atomic E-state index is 0.217. The standard InChI is InChI=1S/C29H36F2N8O/c30-23-7-2-4-9-25(23)36-12-14-37(15-13-36)26-21-39(28(31)27(40-26)29-33-10-5-11-34-29)38-18-16-35(17-19-38)24-8-3-1-6-22(24)20-32/h1-11,26-28H,12-21,32H2. The van der Waals surface area contributed by atoms with Gasteiger partial charge in [0.15, 0.2) is 18.2 Å². The molecule has 3 unspecified atom stereocenters. The van der Waals surface area contributed by atoms with Crippen molar-refractivity contribution in [3.8, 4) is 0 Å². The number of hydrazine groups is 1. The van der Waals surface area contributed by atoms with Gasteiger partial charge in [-0.25, -0.2) is 28.8 Å². The number of nitrogens with two attached hydrogens (primary N) is 1. The summed E-state index contributed by atoms with van der Waals surface area (Å²) in [5.74, 6) is 0.121. The number of piperazine rings is 2. The largest absolute Gasteiger partial charge is 0.369 e. The molecule has 0 amide bonds. The molecular formula is C29H36F2N8O. The van der Waals surface area contributed by atoms with Crippen LogP contribution in [0.15, 0.2) is 67.0 Å². The van der Waals surface area contributed by atoms with E-state index in [0.29, 0.717) is 63.9 Å². The molecule has 2 N–H and O–H groups in total. The van der Waals surface area contributed by atoms with Gasteiger partial charge in [0.2, 0.25) is 0 Å². The van der Waals surface area contributed by atoms with Crippen LogP contribution in [0, 0.1) is 5.82 Å². The molecule has 0 saturated carbocycles. The molecule has 40 heavy (non-hydrogen) atoms. The molecule has 0 aliphatic carbocycles. The smallest absolute Gasteiger partial charge is 0.200 e. The van der Waals surface area contributed by atoms with Crippen LogP contribution in [-0.2, 0) is 11.3 Å². The number of benzene rings is 2. The van der Waals surface area contributed by atoms with Crippen LogP contribution < -0.4 is 15.5 Å². The third-order valence-electron chi connectivity index (χ3n) is 8.11. The fourth-order valence-electron chi connectivity index (χ4n) is 5.95. The van der Waals surface area contributed by atoms with Gasteiger partial charge < -0.3 is 20.3 Å². The monoisotopic (exact) mass is 550 g/mol. The fourth-order valence-corrected chi connectivity index (χ4v) is 5.95. The Labute approximate surface area is 233 Å². The highest BCUT2D eigenvalue weighted by Crippen LogP contribution is 2.34. The van der Waals surface area contributed by atoms with Crippen LogP contribution in [0.4, 0.5) is 20.2 Å². The summed E-state index contributed by atoms with van der Waals surface area (Å²) >= 11 is 0. The summed E-state index contributed by atoms with van der Waals surface area (Å²) < 4.78 is 36.9. The molecule has 3 aliphatic rings. The van der Waals surface area contributed by atoms with E-state index in [2.05, 4.69) is 41.8 Å². The van der Waals surface area contributed by atoms with Gasteiger partial charge in [0.1, 0.15) is 12.0 Å². The first kappa shape index (κ1) is 27.0. The lowest BCUT2D eigenvalue weighted by Crippen LogP contribution is -2.65. The summed E-state index contributed by atoms with van der Waals surface area (Å²) in [4.78, 5) is 15.3. The number of nitrogens with zero attached hydrogens (tertiary/aromatic N) is 7. The predicted octanol–water partition coefficient (Wildman–Crippen LogP) is 2.63. The van der Waals surface area contributed by atoms with E-state index in [9.17, 15) is 4.39 Å². The summed E-state index contributed by atoms with van der Waals surface area (Å²) in [6.45, 7) is 6.42. The quantitative estimate of drug-likeness (QED) is 0.466. The van der Waals surface area contributed by atoms with E-state index < -0.39 is 12.4 Å². The summed E-state index contributed by atoms with van der Waals surface area (Å²) in [5.41, 5.74) is 8.85. The number of halogens is 2. The Balaban J connectivity index is 1.17. The first-order chi connectivity index (χ1) is 19.6. The highest BCUT2D eigenvalue weighted by atomic mass is 19.1. The minimum atomic E-state index is -1.42. The molecule has 3 atom stereocenters. The Morgan fingerprint density at radius 2 is 1.43 bits per heavy atom. The van der Waals surface area contributed by atoms with E-state index in [-0.39, 0.29) is 12.0 Å². The highest BCUT2D eigenvalue weighted by molar-refractivity contribution is 5.54. The molecule has 3 fully saturated rings. The third-order valence-corrected chi connectivity index (χ3v) is 8.11. The van der Waals surface area contributed by atoms with E-state index in [1.807, 2.05) is 29.3 Å². The van der Waals surface area contributed by atoms with E-state index in [1.165, 1.54) is 6.07 Å². The molecule has 6 rings (SSSR count). The Morgan fingerprint density at radius 1 is 0.800 bits per heavy atom. The number of anilines is 2. The van der Waals surface area contributed by atoms with Crippen LogP contribution in [-0.4, -0.2) is 96.3 Å². The second kappa shape index (κ2) is 12.1. The number of aromatic nitrogens is 2.